The van der Waals surface area contributed by atoms with Gasteiger partial charge in [-0.15, -0.1) is 0 Å². The van der Waals surface area contributed by atoms with Crippen LogP contribution in [0.2, 0.25) is 0 Å². The Morgan fingerprint density at radius 2 is 0.508 bits per heavy atom. The molecular formula is C59H114O6. The Morgan fingerprint density at radius 3 is 0.754 bits per heavy atom. The number of carbonyl (C=O) groups is 3. The van der Waals surface area contributed by atoms with Crippen molar-refractivity contribution >= 4 is 17.9 Å². The fourth-order valence-electron chi connectivity index (χ4n) is 9.05. The molecule has 0 heterocycles. The van der Waals surface area contributed by atoms with Crippen molar-refractivity contribution in [2.75, 3.05) is 13.2 Å². The third kappa shape index (κ3) is 53.2. The summed E-state index contributed by atoms with van der Waals surface area (Å²) in [7, 11) is 0. The van der Waals surface area contributed by atoms with Gasteiger partial charge < -0.3 is 14.2 Å². The van der Waals surface area contributed by atoms with Crippen molar-refractivity contribution in [3.05, 3.63) is 0 Å². The molecule has 0 amide bonds. The van der Waals surface area contributed by atoms with E-state index in [-0.39, 0.29) is 31.1 Å². The first-order chi connectivity index (χ1) is 31.7. The van der Waals surface area contributed by atoms with Crippen LogP contribution in [0.3, 0.4) is 0 Å². The minimum atomic E-state index is -0.762. The summed E-state index contributed by atoms with van der Waals surface area (Å²) in [4.78, 5) is 38.1. The molecule has 0 bridgehead atoms. The van der Waals surface area contributed by atoms with Gasteiger partial charge in [-0.2, -0.15) is 0 Å². The molecule has 1 atom stereocenters. The first-order valence-corrected chi connectivity index (χ1v) is 29.2. The second-order valence-electron chi connectivity index (χ2n) is 21.2. The fraction of sp³-hybridized carbons (Fsp3) is 0.949. The van der Waals surface area contributed by atoms with Gasteiger partial charge in [0.25, 0.3) is 0 Å². The second kappa shape index (κ2) is 51.8. The minimum absolute atomic E-state index is 0.0626. The third-order valence-corrected chi connectivity index (χ3v) is 13.5. The van der Waals surface area contributed by atoms with Crippen LogP contribution in [0.5, 0.6) is 0 Å². The molecule has 0 saturated carbocycles. The zero-order chi connectivity index (χ0) is 47.5. The normalized spacial score (nSPS) is 12.0. The Hall–Kier alpha value is -1.59. The van der Waals surface area contributed by atoms with Crippen molar-refractivity contribution < 1.29 is 28.6 Å². The number of hydrogen-bond acceptors (Lipinski definition) is 6. The van der Waals surface area contributed by atoms with E-state index in [9.17, 15) is 14.4 Å². The molecule has 0 N–H and O–H groups in total. The molecule has 0 radical (unpaired) electrons. The molecule has 0 aliphatic rings. The van der Waals surface area contributed by atoms with Gasteiger partial charge in [0.15, 0.2) is 6.10 Å². The van der Waals surface area contributed by atoms with E-state index in [1.54, 1.807) is 0 Å². The molecule has 0 saturated heterocycles. The number of rotatable bonds is 53. The van der Waals surface area contributed by atoms with Crippen molar-refractivity contribution in [3.63, 3.8) is 0 Å². The van der Waals surface area contributed by atoms with Crippen LogP contribution in [0.1, 0.15) is 330 Å². The van der Waals surface area contributed by atoms with Crippen LogP contribution in [-0.2, 0) is 28.6 Å². The Bertz CT molecular complexity index is 993. The van der Waals surface area contributed by atoms with Crippen LogP contribution < -0.4 is 0 Å². The predicted octanol–water partition coefficient (Wildman–Crippen LogP) is 19.3. The molecule has 0 unspecified atom stereocenters. The molecule has 0 aromatic rings. The van der Waals surface area contributed by atoms with Gasteiger partial charge in [-0.1, -0.05) is 291 Å². The Labute approximate surface area is 406 Å². The molecule has 0 aliphatic heterocycles. The van der Waals surface area contributed by atoms with E-state index >= 15 is 0 Å². The molecule has 386 valence electrons. The molecule has 0 fully saturated rings. The van der Waals surface area contributed by atoms with Crippen molar-refractivity contribution in [1.82, 2.24) is 0 Å². The van der Waals surface area contributed by atoms with Crippen LogP contribution in [0.25, 0.3) is 0 Å². The SMILES string of the molecule is CCCCCCCCCCCCC(=O)OC[C@H](COC(=O)CCCCCCCCCCCCCCCCCCCCC(C)C)OC(=O)CCCCCCCCCCCCCCCC(C)C. The van der Waals surface area contributed by atoms with Gasteiger partial charge >= 0.3 is 17.9 Å². The molecule has 0 spiro atoms. The van der Waals surface area contributed by atoms with Crippen molar-refractivity contribution in [2.45, 2.75) is 336 Å². The smallest absolute Gasteiger partial charge is 0.306 e. The first-order valence-electron chi connectivity index (χ1n) is 29.2. The van der Waals surface area contributed by atoms with Gasteiger partial charge in [0.2, 0.25) is 0 Å². The highest BCUT2D eigenvalue weighted by atomic mass is 16.6. The van der Waals surface area contributed by atoms with E-state index in [4.69, 9.17) is 14.2 Å². The summed E-state index contributed by atoms with van der Waals surface area (Å²) in [5.41, 5.74) is 0. The van der Waals surface area contributed by atoms with Gasteiger partial charge in [0, 0.05) is 19.3 Å². The molecule has 0 aliphatic carbocycles. The monoisotopic (exact) mass is 919 g/mol. The summed E-state index contributed by atoms with van der Waals surface area (Å²) < 4.78 is 16.9. The van der Waals surface area contributed by atoms with Crippen LogP contribution in [0.15, 0.2) is 0 Å². The van der Waals surface area contributed by atoms with Crippen molar-refractivity contribution in [3.8, 4) is 0 Å². The number of hydrogen-bond donors (Lipinski definition) is 0. The summed E-state index contributed by atoms with van der Waals surface area (Å²) in [6.07, 6.45) is 55.3. The van der Waals surface area contributed by atoms with E-state index in [0.29, 0.717) is 19.3 Å². The van der Waals surface area contributed by atoms with Gasteiger partial charge in [-0.3, -0.25) is 14.4 Å². The quantitative estimate of drug-likeness (QED) is 0.0344. The lowest BCUT2D eigenvalue weighted by Crippen LogP contribution is -2.30. The van der Waals surface area contributed by atoms with Gasteiger partial charge in [-0.05, 0) is 31.1 Å². The number of carbonyl (C=O) groups excluding carboxylic acids is 3. The van der Waals surface area contributed by atoms with Crippen LogP contribution in [-0.4, -0.2) is 37.2 Å². The zero-order valence-corrected chi connectivity index (χ0v) is 44.6. The lowest BCUT2D eigenvalue weighted by molar-refractivity contribution is -0.167. The predicted molar refractivity (Wildman–Crippen MR) is 280 cm³/mol. The average Bonchev–Trinajstić information content (AvgIpc) is 3.28. The molecular weight excluding hydrogens is 805 g/mol. The Morgan fingerprint density at radius 1 is 0.292 bits per heavy atom. The Kier molecular flexibility index (Phi) is 50.5. The maximum atomic E-state index is 12.8. The van der Waals surface area contributed by atoms with Gasteiger partial charge in [0.05, 0.1) is 0 Å². The minimum Gasteiger partial charge on any atom is -0.462 e. The van der Waals surface area contributed by atoms with Gasteiger partial charge in [0.1, 0.15) is 13.2 Å². The molecule has 0 aromatic heterocycles. The van der Waals surface area contributed by atoms with Crippen LogP contribution >= 0.6 is 0 Å². The summed E-state index contributed by atoms with van der Waals surface area (Å²) in [6, 6.07) is 0. The fourth-order valence-corrected chi connectivity index (χ4v) is 9.05. The second-order valence-corrected chi connectivity index (χ2v) is 21.2. The maximum absolute atomic E-state index is 12.8. The van der Waals surface area contributed by atoms with Crippen molar-refractivity contribution in [1.29, 1.82) is 0 Å². The number of ether oxygens (including phenoxy) is 3. The van der Waals surface area contributed by atoms with Crippen LogP contribution in [0, 0.1) is 11.8 Å². The lowest BCUT2D eigenvalue weighted by atomic mass is 10.0. The molecule has 6 nitrogen and oxygen atoms in total. The number of unbranched alkanes of at least 4 members (excludes halogenated alkanes) is 38. The van der Waals surface area contributed by atoms with Gasteiger partial charge in [-0.25, -0.2) is 0 Å². The van der Waals surface area contributed by atoms with Crippen molar-refractivity contribution in [2.24, 2.45) is 11.8 Å². The largest absolute Gasteiger partial charge is 0.462 e. The van der Waals surface area contributed by atoms with E-state index in [2.05, 4.69) is 34.6 Å². The van der Waals surface area contributed by atoms with E-state index in [1.807, 2.05) is 0 Å². The van der Waals surface area contributed by atoms with E-state index in [1.165, 1.54) is 218 Å². The highest BCUT2D eigenvalue weighted by molar-refractivity contribution is 5.71. The third-order valence-electron chi connectivity index (χ3n) is 13.5. The summed E-state index contributed by atoms with van der Waals surface area (Å²) in [5, 5.41) is 0. The lowest BCUT2D eigenvalue weighted by Gasteiger charge is -2.18. The molecule has 0 rings (SSSR count). The first kappa shape index (κ1) is 63.4. The summed E-state index contributed by atoms with van der Waals surface area (Å²) in [6.45, 7) is 11.4. The summed E-state index contributed by atoms with van der Waals surface area (Å²) in [5.74, 6) is 0.857. The van der Waals surface area contributed by atoms with E-state index < -0.39 is 6.10 Å². The maximum Gasteiger partial charge on any atom is 0.306 e. The zero-order valence-electron chi connectivity index (χ0n) is 44.6. The van der Waals surface area contributed by atoms with Crippen LogP contribution in [0.4, 0.5) is 0 Å². The highest BCUT2D eigenvalue weighted by Gasteiger charge is 2.19. The standard InChI is InChI=1S/C59H114O6/c1-6-7-8-9-10-11-29-34-39-44-49-57(60)63-52-56(65-59(62)51-46-41-36-31-26-22-18-20-24-28-33-38-43-48-55(4)5)53-64-58(61)50-45-40-35-30-25-21-17-15-13-12-14-16-19-23-27-32-37-42-47-54(2)3/h54-56H,6-53H2,1-5H3/t56-/m1/s1. The molecule has 6 heteroatoms. The highest BCUT2D eigenvalue weighted by Crippen LogP contribution is 2.18. The molecule has 0 aromatic carbocycles. The number of esters is 3. The Balaban J connectivity index is 4.21. The summed E-state index contributed by atoms with van der Waals surface area (Å²) >= 11 is 0. The molecule has 65 heavy (non-hydrogen) atoms. The average molecular weight is 920 g/mol. The topological polar surface area (TPSA) is 78.9 Å². The van der Waals surface area contributed by atoms with E-state index in [0.717, 1.165) is 69.6 Å².